The predicted octanol–water partition coefficient (Wildman–Crippen LogP) is 5.09. The summed E-state index contributed by atoms with van der Waals surface area (Å²) in [7, 11) is 0. The molecular formula is C29H31ClN6O2. The first kappa shape index (κ1) is 24.9. The van der Waals surface area contributed by atoms with Crippen molar-refractivity contribution in [1.29, 1.82) is 5.26 Å². The Morgan fingerprint density at radius 3 is 2.76 bits per heavy atom. The minimum absolute atomic E-state index is 0.0188. The summed E-state index contributed by atoms with van der Waals surface area (Å²) in [6.07, 6.45) is 6.51. The molecule has 1 aromatic heterocycles. The number of aliphatic hydroxyl groups is 1. The molecule has 0 amide bonds. The van der Waals surface area contributed by atoms with Gasteiger partial charge in [0.2, 0.25) is 5.95 Å². The van der Waals surface area contributed by atoms with Crippen molar-refractivity contribution in [2.45, 2.75) is 50.2 Å². The maximum atomic E-state index is 10.0. The normalized spacial score (nSPS) is 21.4. The Hall–Kier alpha value is -3.38. The lowest BCUT2D eigenvalue weighted by atomic mass is 9.83. The molecule has 0 spiro atoms. The van der Waals surface area contributed by atoms with Crippen molar-refractivity contribution < 1.29 is 9.84 Å². The third-order valence-electron chi connectivity index (χ3n) is 7.89. The van der Waals surface area contributed by atoms with E-state index in [4.69, 9.17) is 21.3 Å². The fourth-order valence-electron chi connectivity index (χ4n) is 5.45. The second kappa shape index (κ2) is 10.1. The zero-order valence-electron chi connectivity index (χ0n) is 21.4. The molecule has 9 heteroatoms. The molecule has 1 saturated heterocycles. The van der Waals surface area contributed by atoms with Crippen molar-refractivity contribution >= 4 is 28.9 Å². The SMILES string of the molecule is CC1(CO)CNc2c(C#N)cc(-c3ccnc(Nc4cc(Cl)ccc4OC4CCN(C5CC5)CC4)n3)cc21. The van der Waals surface area contributed by atoms with Crippen LogP contribution in [0.1, 0.15) is 43.7 Å². The van der Waals surface area contributed by atoms with Crippen LogP contribution in [-0.4, -0.2) is 58.4 Å². The van der Waals surface area contributed by atoms with Crippen LogP contribution in [0.15, 0.2) is 42.6 Å². The van der Waals surface area contributed by atoms with Crippen LogP contribution in [0.2, 0.25) is 5.02 Å². The van der Waals surface area contributed by atoms with Crippen molar-refractivity contribution in [3.8, 4) is 23.1 Å². The molecule has 0 radical (unpaired) electrons. The Labute approximate surface area is 227 Å². The van der Waals surface area contributed by atoms with Gasteiger partial charge in [-0.15, -0.1) is 0 Å². The van der Waals surface area contributed by atoms with Gasteiger partial charge in [0.05, 0.1) is 29.2 Å². The number of halogens is 1. The van der Waals surface area contributed by atoms with Gasteiger partial charge in [-0.2, -0.15) is 5.26 Å². The van der Waals surface area contributed by atoms with Crippen molar-refractivity contribution in [3.05, 3.63) is 58.7 Å². The Bertz CT molecular complexity index is 1400. The van der Waals surface area contributed by atoms with Gasteiger partial charge in [-0.25, -0.2) is 9.97 Å². The van der Waals surface area contributed by atoms with E-state index in [1.807, 2.05) is 43.3 Å². The highest BCUT2D eigenvalue weighted by molar-refractivity contribution is 6.31. The van der Waals surface area contributed by atoms with E-state index in [1.54, 1.807) is 6.20 Å². The summed E-state index contributed by atoms with van der Waals surface area (Å²) >= 11 is 6.34. The summed E-state index contributed by atoms with van der Waals surface area (Å²) in [6, 6.07) is 14.3. The van der Waals surface area contributed by atoms with E-state index in [1.165, 1.54) is 12.8 Å². The fraction of sp³-hybridized carbons (Fsp3) is 0.414. The zero-order chi connectivity index (χ0) is 26.3. The number of fused-ring (bicyclic) bond motifs is 1. The quantitative estimate of drug-likeness (QED) is 0.387. The van der Waals surface area contributed by atoms with E-state index in [-0.39, 0.29) is 12.7 Å². The number of nitrogens with zero attached hydrogens (tertiary/aromatic N) is 4. The van der Waals surface area contributed by atoms with Gasteiger partial charge in [-0.1, -0.05) is 18.5 Å². The molecule has 3 heterocycles. The molecule has 0 bridgehead atoms. The molecule has 1 unspecified atom stereocenters. The summed E-state index contributed by atoms with van der Waals surface area (Å²) in [5.74, 6) is 1.13. The number of ether oxygens (including phenoxy) is 1. The van der Waals surface area contributed by atoms with Gasteiger partial charge in [0, 0.05) is 47.9 Å². The highest BCUT2D eigenvalue weighted by Gasteiger charge is 2.36. The molecule has 196 valence electrons. The summed E-state index contributed by atoms with van der Waals surface area (Å²) in [5.41, 5.74) is 3.94. The molecule has 2 aromatic carbocycles. The molecule has 2 aliphatic heterocycles. The number of nitriles is 1. The van der Waals surface area contributed by atoms with Gasteiger partial charge in [-0.05, 0) is 67.6 Å². The van der Waals surface area contributed by atoms with E-state index in [9.17, 15) is 10.4 Å². The first-order valence-electron chi connectivity index (χ1n) is 13.2. The summed E-state index contributed by atoms with van der Waals surface area (Å²) < 4.78 is 6.42. The number of hydrogen-bond acceptors (Lipinski definition) is 8. The number of nitrogens with one attached hydrogen (secondary N) is 2. The van der Waals surface area contributed by atoms with Crippen LogP contribution in [0.4, 0.5) is 17.3 Å². The third-order valence-corrected chi connectivity index (χ3v) is 8.12. The molecule has 3 aromatic rings. The highest BCUT2D eigenvalue weighted by Crippen LogP contribution is 2.41. The lowest BCUT2D eigenvalue weighted by molar-refractivity contribution is 0.0971. The predicted molar refractivity (Wildman–Crippen MR) is 148 cm³/mol. The van der Waals surface area contributed by atoms with E-state index < -0.39 is 5.41 Å². The smallest absolute Gasteiger partial charge is 0.227 e. The number of rotatable bonds is 7. The van der Waals surface area contributed by atoms with Gasteiger partial charge in [0.1, 0.15) is 17.9 Å². The fourth-order valence-corrected chi connectivity index (χ4v) is 5.62. The van der Waals surface area contributed by atoms with Gasteiger partial charge in [0.25, 0.3) is 0 Å². The lowest BCUT2D eigenvalue weighted by Gasteiger charge is -2.32. The maximum absolute atomic E-state index is 10.0. The van der Waals surface area contributed by atoms with Gasteiger partial charge >= 0.3 is 0 Å². The number of aliphatic hydroxyl groups excluding tert-OH is 1. The van der Waals surface area contributed by atoms with Crippen LogP contribution in [0.5, 0.6) is 5.75 Å². The third kappa shape index (κ3) is 4.90. The van der Waals surface area contributed by atoms with Crippen LogP contribution in [0.3, 0.4) is 0 Å². The summed E-state index contributed by atoms with van der Waals surface area (Å²) in [4.78, 5) is 11.8. The van der Waals surface area contributed by atoms with Crippen LogP contribution in [-0.2, 0) is 5.41 Å². The van der Waals surface area contributed by atoms with E-state index >= 15 is 0 Å². The number of anilines is 3. The van der Waals surface area contributed by atoms with E-state index in [2.05, 4.69) is 26.6 Å². The summed E-state index contributed by atoms with van der Waals surface area (Å²) in [6.45, 7) is 4.69. The minimum atomic E-state index is -0.465. The number of piperidine rings is 1. The lowest BCUT2D eigenvalue weighted by Crippen LogP contribution is -2.39. The number of likely N-dealkylation sites (tertiary alicyclic amines) is 1. The first-order chi connectivity index (χ1) is 18.5. The number of aromatic nitrogens is 2. The molecule has 2 fully saturated rings. The molecule has 1 aliphatic carbocycles. The highest BCUT2D eigenvalue weighted by atomic mass is 35.5. The Morgan fingerprint density at radius 1 is 1.21 bits per heavy atom. The Kier molecular flexibility index (Phi) is 6.60. The molecule has 6 rings (SSSR count). The molecule has 1 atom stereocenters. The van der Waals surface area contributed by atoms with E-state index in [0.29, 0.717) is 34.5 Å². The van der Waals surface area contributed by atoms with Crippen LogP contribution >= 0.6 is 11.6 Å². The molecule has 8 nitrogen and oxygen atoms in total. The molecular weight excluding hydrogens is 500 g/mol. The van der Waals surface area contributed by atoms with Gasteiger partial charge in [0.15, 0.2) is 0 Å². The Balaban J connectivity index is 1.25. The van der Waals surface area contributed by atoms with E-state index in [0.717, 1.165) is 54.5 Å². The van der Waals surface area contributed by atoms with Crippen molar-refractivity contribution in [2.75, 3.05) is 36.9 Å². The average molecular weight is 531 g/mol. The standard InChI is InChI=1S/C29H31ClN6O2/c1-29(17-37)16-33-27-19(15-31)12-18(13-23(27)29)24-6-9-32-28(34-24)35-25-14-20(30)2-5-26(25)38-22-7-10-36(11-8-22)21-3-4-21/h2,5-6,9,12-14,21-22,33,37H,3-4,7-8,10-11,16-17H2,1H3,(H,32,34,35). The van der Waals surface area contributed by atoms with Gasteiger partial charge in [-0.3, -0.25) is 0 Å². The zero-order valence-corrected chi connectivity index (χ0v) is 22.1. The van der Waals surface area contributed by atoms with Crippen LogP contribution in [0.25, 0.3) is 11.3 Å². The van der Waals surface area contributed by atoms with Gasteiger partial charge < -0.3 is 25.4 Å². The monoisotopic (exact) mass is 530 g/mol. The molecule has 38 heavy (non-hydrogen) atoms. The molecule has 3 aliphatic rings. The number of hydrogen-bond donors (Lipinski definition) is 3. The molecule has 3 N–H and O–H groups in total. The Morgan fingerprint density at radius 2 is 2.03 bits per heavy atom. The van der Waals surface area contributed by atoms with Crippen molar-refractivity contribution in [1.82, 2.24) is 14.9 Å². The number of benzene rings is 2. The maximum Gasteiger partial charge on any atom is 0.227 e. The largest absolute Gasteiger partial charge is 0.488 e. The first-order valence-corrected chi connectivity index (χ1v) is 13.6. The second-order valence-electron chi connectivity index (χ2n) is 10.7. The van der Waals surface area contributed by atoms with Crippen molar-refractivity contribution in [3.63, 3.8) is 0 Å². The second-order valence-corrected chi connectivity index (χ2v) is 11.2. The van der Waals surface area contributed by atoms with Crippen molar-refractivity contribution in [2.24, 2.45) is 0 Å². The minimum Gasteiger partial charge on any atom is -0.488 e. The molecule has 1 saturated carbocycles. The van der Waals surface area contributed by atoms with Crippen LogP contribution < -0.4 is 15.4 Å². The van der Waals surface area contributed by atoms with Crippen LogP contribution in [0, 0.1) is 11.3 Å². The summed E-state index contributed by atoms with van der Waals surface area (Å²) in [5, 5.41) is 27.0. The average Bonchev–Trinajstić information content (AvgIpc) is 3.74. The topological polar surface area (TPSA) is 106 Å².